The lowest BCUT2D eigenvalue weighted by Crippen LogP contribution is -2.42. The van der Waals surface area contributed by atoms with E-state index in [0.29, 0.717) is 28.3 Å². The summed E-state index contributed by atoms with van der Waals surface area (Å²) in [5.41, 5.74) is 3.04. The van der Waals surface area contributed by atoms with E-state index in [9.17, 15) is 22.7 Å². The zero-order valence-corrected chi connectivity index (χ0v) is 22.8. The van der Waals surface area contributed by atoms with E-state index in [1.807, 2.05) is 17.6 Å². The van der Waals surface area contributed by atoms with E-state index < -0.39 is 22.0 Å². The SMILES string of the molecule is CC#CCOc1ccc(S(=O)(=O)N[C@@H](Cc2c(C)n(Cc3ccc(F)cc3)c3ccc(Cl)cc23)C(=O)O)cc1. The maximum atomic E-state index is 13.4. The molecule has 3 aromatic carbocycles. The third-order valence-electron chi connectivity index (χ3n) is 6.30. The first kappa shape index (κ1) is 28.2. The molecule has 39 heavy (non-hydrogen) atoms. The van der Waals surface area contributed by atoms with Crippen LogP contribution >= 0.6 is 11.6 Å². The summed E-state index contributed by atoms with van der Waals surface area (Å²) in [5, 5.41) is 11.1. The van der Waals surface area contributed by atoms with Crippen molar-refractivity contribution in [1.82, 2.24) is 9.29 Å². The number of hydrogen-bond donors (Lipinski definition) is 2. The molecule has 0 radical (unpaired) electrons. The Morgan fingerprint density at radius 1 is 1.13 bits per heavy atom. The quantitative estimate of drug-likeness (QED) is 0.257. The van der Waals surface area contributed by atoms with Gasteiger partial charge in [0.25, 0.3) is 0 Å². The largest absolute Gasteiger partial charge is 0.481 e. The molecule has 2 N–H and O–H groups in total. The molecule has 0 saturated heterocycles. The van der Waals surface area contributed by atoms with Crippen molar-refractivity contribution in [3.63, 3.8) is 0 Å². The molecular weight excluding hydrogens is 543 g/mol. The Balaban J connectivity index is 1.64. The van der Waals surface area contributed by atoms with Crippen molar-refractivity contribution in [1.29, 1.82) is 0 Å². The summed E-state index contributed by atoms with van der Waals surface area (Å²) in [6, 6.07) is 15.6. The second kappa shape index (κ2) is 11.9. The van der Waals surface area contributed by atoms with Crippen LogP contribution in [0.1, 0.15) is 23.7 Å². The van der Waals surface area contributed by atoms with Gasteiger partial charge in [0.1, 0.15) is 24.2 Å². The maximum Gasteiger partial charge on any atom is 0.322 e. The second-order valence-electron chi connectivity index (χ2n) is 8.84. The maximum absolute atomic E-state index is 13.4. The van der Waals surface area contributed by atoms with Gasteiger partial charge in [0, 0.05) is 34.6 Å². The number of benzene rings is 3. The minimum Gasteiger partial charge on any atom is -0.481 e. The number of aromatic nitrogens is 1. The number of nitrogens with one attached hydrogen (secondary N) is 1. The lowest BCUT2D eigenvalue weighted by Gasteiger charge is -2.16. The molecule has 1 heterocycles. The summed E-state index contributed by atoms with van der Waals surface area (Å²) in [5.74, 6) is 4.22. The predicted octanol–water partition coefficient (Wildman–Crippen LogP) is 5.17. The number of nitrogens with zero attached hydrogens (tertiary/aromatic N) is 1. The molecule has 0 saturated carbocycles. The highest BCUT2D eigenvalue weighted by molar-refractivity contribution is 7.89. The van der Waals surface area contributed by atoms with Crippen molar-refractivity contribution in [3.05, 3.63) is 94.4 Å². The van der Waals surface area contributed by atoms with E-state index in [2.05, 4.69) is 16.6 Å². The molecule has 0 bridgehead atoms. The minimum atomic E-state index is -4.17. The highest BCUT2D eigenvalue weighted by atomic mass is 35.5. The summed E-state index contributed by atoms with van der Waals surface area (Å²) >= 11 is 6.27. The van der Waals surface area contributed by atoms with Crippen LogP contribution in [-0.2, 0) is 27.8 Å². The van der Waals surface area contributed by atoms with Crippen LogP contribution in [-0.4, -0.2) is 36.7 Å². The molecule has 4 aromatic rings. The van der Waals surface area contributed by atoms with Gasteiger partial charge in [0.05, 0.1) is 4.90 Å². The third-order valence-corrected chi connectivity index (χ3v) is 8.02. The standard InChI is InChI=1S/C29H26ClFN2O5S/c1-3-4-15-38-23-10-12-24(13-11-23)39(36,37)32-27(29(34)35)17-25-19(2)33(18-20-5-8-22(31)9-6-20)28-14-7-21(30)16-26(25)28/h5-14,16,27,32H,15,17-18H2,1-2H3,(H,34,35)/t27-/m0/s1. The van der Waals surface area contributed by atoms with Crippen LogP contribution in [0, 0.1) is 24.6 Å². The van der Waals surface area contributed by atoms with Crippen LogP contribution in [0.15, 0.2) is 71.6 Å². The molecule has 0 amide bonds. The molecule has 0 spiro atoms. The number of carbonyl (C=O) groups is 1. The average molecular weight is 569 g/mol. The lowest BCUT2D eigenvalue weighted by atomic mass is 10.0. The highest BCUT2D eigenvalue weighted by Gasteiger charge is 2.28. The number of hydrogen-bond acceptors (Lipinski definition) is 4. The summed E-state index contributed by atoms with van der Waals surface area (Å²) in [6.45, 7) is 4.09. The molecule has 4 rings (SSSR count). The van der Waals surface area contributed by atoms with E-state index in [0.717, 1.165) is 16.8 Å². The van der Waals surface area contributed by atoms with Gasteiger partial charge in [0.2, 0.25) is 10.0 Å². The fourth-order valence-electron chi connectivity index (χ4n) is 4.30. The van der Waals surface area contributed by atoms with Crippen LogP contribution in [0.25, 0.3) is 10.9 Å². The first-order valence-corrected chi connectivity index (χ1v) is 13.8. The fourth-order valence-corrected chi connectivity index (χ4v) is 5.66. The zero-order valence-electron chi connectivity index (χ0n) is 21.2. The number of halogens is 2. The normalized spacial score (nSPS) is 12.1. The van der Waals surface area contributed by atoms with Crippen molar-refractivity contribution < 1.29 is 27.4 Å². The highest BCUT2D eigenvalue weighted by Crippen LogP contribution is 2.31. The number of rotatable bonds is 10. The van der Waals surface area contributed by atoms with Gasteiger partial charge >= 0.3 is 5.97 Å². The average Bonchev–Trinajstić information content (AvgIpc) is 3.15. The van der Waals surface area contributed by atoms with Gasteiger partial charge < -0.3 is 14.4 Å². The first-order valence-electron chi connectivity index (χ1n) is 12.0. The van der Waals surface area contributed by atoms with E-state index >= 15 is 0 Å². The summed E-state index contributed by atoms with van der Waals surface area (Å²) in [6.07, 6.45) is -0.120. The molecule has 0 fully saturated rings. The number of ether oxygens (including phenoxy) is 1. The van der Waals surface area contributed by atoms with Gasteiger partial charge in [-0.2, -0.15) is 4.72 Å². The molecule has 0 aliphatic rings. The zero-order chi connectivity index (χ0) is 28.2. The molecule has 0 unspecified atom stereocenters. The van der Waals surface area contributed by atoms with Crippen molar-refractivity contribution in [2.24, 2.45) is 0 Å². The van der Waals surface area contributed by atoms with Gasteiger partial charge in [-0.15, -0.1) is 5.92 Å². The number of aliphatic carboxylic acids is 1. The van der Waals surface area contributed by atoms with Gasteiger partial charge in [0.15, 0.2) is 0 Å². The van der Waals surface area contributed by atoms with Crippen molar-refractivity contribution in [3.8, 4) is 17.6 Å². The van der Waals surface area contributed by atoms with Crippen molar-refractivity contribution >= 4 is 38.5 Å². The molecule has 0 aliphatic heterocycles. The van der Waals surface area contributed by atoms with Gasteiger partial charge in [-0.3, -0.25) is 4.79 Å². The van der Waals surface area contributed by atoms with E-state index in [1.165, 1.54) is 36.4 Å². The Morgan fingerprint density at radius 2 is 1.82 bits per heavy atom. The molecule has 0 aliphatic carbocycles. The van der Waals surface area contributed by atoms with Crippen LogP contribution < -0.4 is 9.46 Å². The summed E-state index contributed by atoms with van der Waals surface area (Å²) in [4.78, 5) is 12.1. The topological polar surface area (TPSA) is 97.6 Å². The van der Waals surface area contributed by atoms with Crippen LogP contribution in [0.5, 0.6) is 5.75 Å². The Kier molecular flexibility index (Phi) is 8.60. The van der Waals surface area contributed by atoms with E-state index in [1.54, 1.807) is 31.2 Å². The monoisotopic (exact) mass is 568 g/mol. The number of sulfonamides is 1. The van der Waals surface area contributed by atoms with Gasteiger partial charge in [-0.25, -0.2) is 12.8 Å². The van der Waals surface area contributed by atoms with Crippen molar-refractivity contribution in [2.75, 3.05) is 6.61 Å². The molecule has 1 aromatic heterocycles. The second-order valence-corrected chi connectivity index (χ2v) is 11.0. The Hall–Kier alpha value is -3.84. The lowest BCUT2D eigenvalue weighted by molar-refractivity contribution is -0.138. The number of carboxylic acids is 1. The molecular formula is C29H26ClFN2O5S. The predicted molar refractivity (Wildman–Crippen MR) is 148 cm³/mol. The fraction of sp³-hybridized carbons (Fsp3) is 0.207. The van der Waals surface area contributed by atoms with E-state index in [4.69, 9.17) is 16.3 Å². The number of carboxylic acid groups (broad SMARTS) is 1. The van der Waals surface area contributed by atoms with Crippen LogP contribution in [0.3, 0.4) is 0 Å². The van der Waals surface area contributed by atoms with E-state index in [-0.39, 0.29) is 23.7 Å². The Morgan fingerprint density at radius 3 is 2.46 bits per heavy atom. The molecule has 10 heteroatoms. The first-order chi connectivity index (χ1) is 18.6. The summed E-state index contributed by atoms with van der Waals surface area (Å²) in [7, 11) is -4.17. The Bertz CT molecular complexity index is 1670. The van der Waals surface area contributed by atoms with Crippen molar-refractivity contribution in [2.45, 2.75) is 37.8 Å². The molecule has 202 valence electrons. The summed E-state index contributed by atoms with van der Waals surface area (Å²) < 4.78 is 49.3. The minimum absolute atomic E-state index is 0.0961. The molecule has 7 nitrogen and oxygen atoms in total. The number of fused-ring (bicyclic) bond motifs is 1. The third kappa shape index (κ3) is 6.60. The Labute approximate surface area is 231 Å². The molecule has 1 atom stereocenters. The smallest absolute Gasteiger partial charge is 0.322 e. The van der Waals surface area contributed by atoms with Crippen LogP contribution in [0.4, 0.5) is 4.39 Å². The van der Waals surface area contributed by atoms with Gasteiger partial charge in [-0.1, -0.05) is 29.7 Å². The van der Waals surface area contributed by atoms with Crippen LogP contribution in [0.2, 0.25) is 5.02 Å². The van der Waals surface area contributed by atoms with Gasteiger partial charge in [-0.05, 0) is 79.6 Å².